The van der Waals surface area contributed by atoms with Gasteiger partial charge in [-0.15, -0.1) is 0 Å². The topological polar surface area (TPSA) is 307 Å². The van der Waals surface area contributed by atoms with Crippen molar-refractivity contribution in [3.63, 3.8) is 0 Å². The number of carbonyl (C=O) groups is 1. The third-order valence-corrected chi connectivity index (χ3v) is 15.7. The van der Waals surface area contributed by atoms with Gasteiger partial charge in [-0.2, -0.15) is 0 Å². The van der Waals surface area contributed by atoms with Gasteiger partial charge in [0.05, 0.1) is 38.6 Å². The molecular formula is C61H111NO18. The van der Waals surface area contributed by atoms with Gasteiger partial charge in [0.25, 0.3) is 0 Å². The summed E-state index contributed by atoms with van der Waals surface area (Å²) in [5, 5.41) is 120. The fourth-order valence-electron chi connectivity index (χ4n) is 10.5. The molecule has 0 aromatic rings. The zero-order chi connectivity index (χ0) is 58.3. The highest BCUT2D eigenvalue weighted by atomic mass is 16.8. The molecule has 17 unspecified atom stereocenters. The van der Waals surface area contributed by atoms with Gasteiger partial charge in [0, 0.05) is 6.42 Å². The van der Waals surface area contributed by atoms with E-state index >= 15 is 0 Å². The summed E-state index contributed by atoms with van der Waals surface area (Å²) in [7, 11) is 0. The Morgan fingerprint density at radius 1 is 0.438 bits per heavy atom. The number of nitrogens with one attached hydrogen (secondary N) is 1. The van der Waals surface area contributed by atoms with Crippen LogP contribution in [0.15, 0.2) is 36.5 Å². The van der Waals surface area contributed by atoms with Crippen molar-refractivity contribution in [3.05, 3.63) is 36.5 Å². The normalized spacial score (nSPS) is 30.2. The number of hydrogen-bond donors (Lipinski definition) is 12. The Bertz CT molecular complexity index is 1600. The number of hydrogen-bond acceptors (Lipinski definition) is 18. The Kier molecular flexibility index (Phi) is 40.2. The van der Waals surface area contributed by atoms with E-state index in [2.05, 4.69) is 43.5 Å². The van der Waals surface area contributed by atoms with E-state index in [0.717, 1.165) is 57.8 Å². The number of aliphatic hydroxyl groups excluding tert-OH is 11. The third kappa shape index (κ3) is 27.8. The Morgan fingerprint density at radius 3 is 1.25 bits per heavy atom. The molecule has 3 aliphatic rings. The second kappa shape index (κ2) is 44.5. The van der Waals surface area contributed by atoms with E-state index in [1.54, 1.807) is 6.08 Å². The van der Waals surface area contributed by atoms with Gasteiger partial charge in [-0.05, 0) is 44.9 Å². The number of unbranched alkanes of at least 4 members (excludes halogenated alkanes) is 26. The van der Waals surface area contributed by atoms with Crippen molar-refractivity contribution in [1.82, 2.24) is 5.32 Å². The Hall–Kier alpha value is -1.99. The average Bonchev–Trinajstić information content (AvgIpc) is 3.58. The lowest BCUT2D eigenvalue weighted by Crippen LogP contribution is -2.66. The number of carbonyl (C=O) groups excluding carboxylic acids is 1. The number of amides is 1. The molecular weight excluding hydrogens is 1030 g/mol. The van der Waals surface area contributed by atoms with Crippen LogP contribution in [0.2, 0.25) is 0 Å². The molecule has 0 bridgehead atoms. The molecule has 0 aliphatic carbocycles. The summed E-state index contributed by atoms with van der Waals surface area (Å²) in [5.41, 5.74) is 0. The minimum absolute atomic E-state index is 0.229. The van der Waals surface area contributed by atoms with Crippen molar-refractivity contribution in [1.29, 1.82) is 0 Å². The van der Waals surface area contributed by atoms with Gasteiger partial charge in [-0.25, -0.2) is 0 Å². The van der Waals surface area contributed by atoms with Crippen LogP contribution in [0.25, 0.3) is 0 Å². The predicted molar refractivity (Wildman–Crippen MR) is 305 cm³/mol. The molecule has 3 aliphatic heterocycles. The molecule has 1 amide bonds. The molecule has 19 nitrogen and oxygen atoms in total. The fourth-order valence-corrected chi connectivity index (χ4v) is 10.5. The van der Waals surface area contributed by atoms with Crippen LogP contribution in [0.4, 0.5) is 0 Å². The van der Waals surface area contributed by atoms with Crippen molar-refractivity contribution in [2.24, 2.45) is 0 Å². The maximum atomic E-state index is 13.1. The van der Waals surface area contributed by atoms with Gasteiger partial charge >= 0.3 is 0 Å². The highest BCUT2D eigenvalue weighted by Crippen LogP contribution is 2.33. The Balaban J connectivity index is 1.39. The molecule has 17 atom stereocenters. The molecule has 19 heteroatoms. The van der Waals surface area contributed by atoms with Crippen LogP contribution in [-0.2, 0) is 33.2 Å². The average molecular weight is 1150 g/mol. The third-order valence-electron chi connectivity index (χ3n) is 15.7. The fraction of sp³-hybridized carbons (Fsp3) is 0.885. The molecule has 0 spiro atoms. The van der Waals surface area contributed by atoms with E-state index < -0.39 is 124 Å². The van der Waals surface area contributed by atoms with Crippen LogP contribution in [0, 0.1) is 0 Å². The molecule has 80 heavy (non-hydrogen) atoms. The largest absolute Gasteiger partial charge is 0.394 e. The minimum Gasteiger partial charge on any atom is -0.394 e. The molecule has 3 rings (SSSR count). The monoisotopic (exact) mass is 1150 g/mol. The molecule has 0 aromatic heterocycles. The van der Waals surface area contributed by atoms with Crippen molar-refractivity contribution in [2.75, 3.05) is 26.4 Å². The summed E-state index contributed by atoms with van der Waals surface area (Å²) in [6, 6.07) is -0.990. The number of ether oxygens (including phenoxy) is 6. The first-order valence-electron chi connectivity index (χ1n) is 31.2. The van der Waals surface area contributed by atoms with E-state index in [1.807, 2.05) is 6.08 Å². The van der Waals surface area contributed by atoms with Crippen molar-refractivity contribution in [3.8, 4) is 0 Å². The molecule has 3 heterocycles. The maximum absolute atomic E-state index is 13.1. The lowest BCUT2D eigenvalue weighted by atomic mass is 9.96. The van der Waals surface area contributed by atoms with Gasteiger partial charge in [0.2, 0.25) is 5.91 Å². The number of aliphatic hydroxyl groups is 11. The second-order valence-corrected chi connectivity index (χ2v) is 22.5. The van der Waals surface area contributed by atoms with E-state index in [4.69, 9.17) is 28.4 Å². The summed E-state index contributed by atoms with van der Waals surface area (Å²) in [4.78, 5) is 13.1. The molecule has 12 N–H and O–H groups in total. The number of rotatable bonds is 46. The van der Waals surface area contributed by atoms with Gasteiger partial charge in [0.15, 0.2) is 18.9 Å². The molecule has 0 aromatic carbocycles. The van der Waals surface area contributed by atoms with E-state index in [0.29, 0.717) is 12.8 Å². The standard InChI is InChI=1S/C61H111NO18/c1-3-5-7-9-11-12-13-14-15-16-17-18-19-20-21-22-23-24-25-26-27-28-29-30-31-32-33-34-36-38-45(66)44(62-49(67)39-37-35-10-8-6-4-2)43-75-59-55(73)52(70)57(47(41-64)77-59)80-61-56(74)53(71)58(48(42-65)78-61)79-60-54(72)51(69)50(68)46(40-63)76-60/h27-28,31-32,36,38,44-48,50-61,63-66,68-74H,3-26,29-30,33-35,37,39-43H2,1-2H3,(H,62,67)/b28-27+,32-31+,38-36+. The molecule has 0 saturated carbocycles. The lowest BCUT2D eigenvalue weighted by Gasteiger charge is -2.48. The van der Waals surface area contributed by atoms with Crippen molar-refractivity contribution >= 4 is 5.91 Å². The van der Waals surface area contributed by atoms with Crippen LogP contribution in [0.3, 0.4) is 0 Å². The predicted octanol–water partition coefficient (Wildman–Crippen LogP) is 6.10. The quantitative estimate of drug-likeness (QED) is 0.0242. The molecule has 3 saturated heterocycles. The second-order valence-electron chi connectivity index (χ2n) is 22.5. The Morgan fingerprint density at radius 2 is 0.800 bits per heavy atom. The first-order chi connectivity index (χ1) is 38.8. The number of allylic oxidation sites excluding steroid dienone is 5. The summed E-state index contributed by atoms with van der Waals surface area (Å²) < 4.78 is 34.1. The van der Waals surface area contributed by atoms with Crippen LogP contribution < -0.4 is 5.32 Å². The molecule has 468 valence electrons. The zero-order valence-electron chi connectivity index (χ0n) is 48.8. The van der Waals surface area contributed by atoms with Gasteiger partial charge in [-0.3, -0.25) is 4.79 Å². The van der Waals surface area contributed by atoms with Crippen LogP contribution >= 0.6 is 0 Å². The first-order valence-corrected chi connectivity index (χ1v) is 31.2. The van der Waals surface area contributed by atoms with Crippen molar-refractivity contribution < 1.29 is 89.4 Å². The smallest absolute Gasteiger partial charge is 0.220 e. The minimum atomic E-state index is -1.98. The zero-order valence-corrected chi connectivity index (χ0v) is 48.8. The molecule has 3 fully saturated rings. The summed E-state index contributed by atoms with van der Waals surface area (Å²) >= 11 is 0. The van der Waals surface area contributed by atoms with Crippen LogP contribution in [0.5, 0.6) is 0 Å². The molecule has 0 radical (unpaired) electrons. The van der Waals surface area contributed by atoms with E-state index in [1.165, 1.54) is 122 Å². The van der Waals surface area contributed by atoms with Gasteiger partial charge in [-0.1, -0.05) is 198 Å². The van der Waals surface area contributed by atoms with E-state index in [-0.39, 0.29) is 18.9 Å². The summed E-state index contributed by atoms with van der Waals surface area (Å²) in [5.74, 6) is -0.300. The van der Waals surface area contributed by atoms with Gasteiger partial charge in [0.1, 0.15) is 73.2 Å². The first kappa shape index (κ1) is 72.3. The van der Waals surface area contributed by atoms with Crippen LogP contribution in [-0.4, -0.2) is 193 Å². The SMILES string of the molecule is CCCCCCCCCCCCCCCCCCCCC/C=C/CC/C=C/CC/C=C/C(O)C(COC1OC(CO)C(OC2OC(CO)C(OC3OC(CO)C(O)C(O)C3O)C(O)C2O)C(O)C1O)NC(=O)CCCCCCCC. The van der Waals surface area contributed by atoms with E-state index in [9.17, 15) is 61.0 Å². The highest BCUT2D eigenvalue weighted by Gasteiger charge is 2.53. The maximum Gasteiger partial charge on any atom is 0.220 e. The van der Waals surface area contributed by atoms with Crippen molar-refractivity contribution in [2.45, 2.75) is 317 Å². The van der Waals surface area contributed by atoms with Gasteiger partial charge < -0.3 is 89.9 Å². The summed E-state index contributed by atoms with van der Waals surface area (Å²) in [6.07, 6.45) is 22.1. The Labute approximate surface area is 479 Å². The highest BCUT2D eigenvalue weighted by molar-refractivity contribution is 5.76. The lowest BCUT2D eigenvalue weighted by molar-refractivity contribution is -0.379. The summed E-state index contributed by atoms with van der Waals surface area (Å²) in [6.45, 7) is 1.61. The van der Waals surface area contributed by atoms with Crippen LogP contribution in [0.1, 0.15) is 213 Å².